The summed E-state index contributed by atoms with van der Waals surface area (Å²) in [5.41, 5.74) is 0. The zero-order valence-electron chi connectivity index (χ0n) is 12.3. The van der Waals surface area contributed by atoms with Gasteiger partial charge in [-0.15, -0.1) is 11.8 Å². The molecule has 0 atom stereocenters. The number of nitrogens with one attached hydrogen (secondary N) is 1. The van der Waals surface area contributed by atoms with Crippen molar-refractivity contribution in [1.82, 2.24) is 14.9 Å². The van der Waals surface area contributed by atoms with Gasteiger partial charge in [0, 0.05) is 32.5 Å². The molecular weight excluding hydrogens is 260 g/mol. The Morgan fingerprint density at radius 3 is 2.63 bits per heavy atom. The Morgan fingerprint density at radius 2 is 2.05 bits per heavy atom. The van der Waals surface area contributed by atoms with Crippen molar-refractivity contribution >= 4 is 17.6 Å². The Kier molecular flexibility index (Phi) is 7.78. The molecule has 5 nitrogen and oxygen atoms in total. The molecule has 0 aliphatic rings. The van der Waals surface area contributed by atoms with Gasteiger partial charge in [0.1, 0.15) is 17.5 Å². The van der Waals surface area contributed by atoms with E-state index in [2.05, 4.69) is 34.0 Å². The van der Waals surface area contributed by atoms with Crippen molar-refractivity contribution in [3.8, 4) is 0 Å². The fourth-order valence-corrected chi connectivity index (χ4v) is 2.61. The summed E-state index contributed by atoms with van der Waals surface area (Å²) in [7, 11) is 3.52. The normalized spacial score (nSPS) is 11.0. The Hall–Kier alpha value is -0.850. The summed E-state index contributed by atoms with van der Waals surface area (Å²) in [5.74, 6) is 2.60. The van der Waals surface area contributed by atoms with Gasteiger partial charge in [-0.1, -0.05) is 13.8 Å². The quantitative estimate of drug-likeness (QED) is 0.553. The van der Waals surface area contributed by atoms with Gasteiger partial charge in [-0.05, 0) is 13.1 Å². The lowest BCUT2D eigenvalue weighted by atomic mass is 10.5. The minimum absolute atomic E-state index is 0.444. The first-order chi connectivity index (χ1) is 9.23. The number of thioether (sulfide) groups is 1. The molecule has 1 aromatic rings. The second-order valence-corrected chi connectivity index (χ2v) is 5.18. The van der Waals surface area contributed by atoms with Crippen molar-refractivity contribution in [1.29, 1.82) is 0 Å². The number of hydrogen-bond donors (Lipinski definition) is 1. The zero-order valence-corrected chi connectivity index (χ0v) is 13.1. The SMILES string of the molecule is CCN(CC)CCSc1cc(NC)nc(COC)n1. The number of nitrogens with zero attached hydrogens (tertiary/aromatic N) is 3. The van der Waals surface area contributed by atoms with E-state index in [0.717, 1.165) is 42.1 Å². The van der Waals surface area contributed by atoms with Crippen molar-refractivity contribution in [3.05, 3.63) is 11.9 Å². The van der Waals surface area contributed by atoms with Gasteiger partial charge in [0.25, 0.3) is 0 Å². The van der Waals surface area contributed by atoms with Gasteiger partial charge in [-0.2, -0.15) is 0 Å². The maximum Gasteiger partial charge on any atom is 0.157 e. The summed E-state index contributed by atoms with van der Waals surface area (Å²) in [6, 6.07) is 1.98. The van der Waals surface area contributed by atoms with Crippen LogP contribution in [0.3, 0.4) is 0 Å². The molecule has 0 radical (unpaired) electrons. The first kappa shape index (κ1) is 16.2. The third-order valence-corrected chi connectivity index (χ3v) is 3.72. The maximum absolute atomic E-state index is 5.09. The molecule has 1 heterocycles. The Balaban J connectivity index is 2.58. The Bertz CT molecular complexity index is 372. The largest absolute Gasteiger partial charge is 0.377 e. The highest BCUT2D eigenvalue weighted by atomic mass is 32.2. The number of rotatable bonds is 9. The van der Waals surface area contributed by atoms with Crippen molar-refractivity contribution < 1.29 is 4.74 Å². The van der Waals surface area contributed by atoms with Crippen LogP contribution in [-0.2, 0) is 11.3 Å². The second kappa shape index (κ2) is 9.12. The van der Waals surface area contributed by atoms with Gasteiger partial charge in [0.15, 0.2) is 5.82 Å². The number of methoxy groups -OCH3 is 1. The Labute approximate surface area is 120 Å². The van der Waals surface area contributed by atoms with Gasteiger partial charge in [-0.25, -0.2) is 9.97 Å². The molecule has 0 aromatic carbocycles. The molecule has 0 saturated carbocycles. The lowest BCUT2D eigenvalue weighted by Crippen LogP contribution is -2.25. The van der Waals surface area contributed by atoms with Crippen LogP contribution < -0.4 is 5.32 Å². The van der Waals surface area contributed by atoms with E-state index in [-0.39, 0.29) is 0 Å². The number of aromatic nitrogens is 2. The molecule has 1 N–H and O–H groups in total. The maximum atomic E-state index is 5.09. The van der Waals surface area contributed by atoms with E-state index in [1.165, 1.54) is 0 Å². The summed E-state index contributed by atoms with van der Waals surface area (Å²) in [6.45, 7) is 8.09. The first-order valence-corrected chi connectivity index (χ1v) is 7.61. The lowest BCUT2D eigenvalue weighted by Gasteiger charge is -2.17. The van der Waals surface area contributed by atoms with Crippen molar-refractivity contribution in [2.45, 2.75) is 25.5 Å². The molecule has 0 bridgehead atoms. The molecule has 6 heteroatoms. The molecule has 1 aromatic heterocycles. The molecule has 108 valence electrons. The molecule has 0 amide bonds. The molecule has 0 unspecified atom stereocenters. The van der Waals surface area contributed by atoms with Crippen LogP contribution in [0.2, 0.25) is 0 Å². The summed E-state index contributed by atoms with van der Waals surface area (Å²) < 4.78 is 5.09. The van der Waals surface area contributed by atoms with Crippen LogP contribution in [0.1, 0.15) is 19.7 Å². The smallest absolute Gasteiger partial charge is 0.157 e. The summed E-state index contributed by atoms with van der Waals surface area (Å²) in [5, 5.41) is 4.06. The van der Waals surface area contributed by atoms with Crippen LogP contribution >= 0.6 is 11.8 Å². The van der Waals surface area contributed by atoms with Crippen molar-refractivity contribution in [2.75, 3.05) is 44.9 Å². The summed E-state index contributed by atoms with van der Waals surface area (Å²) >= 11 is 1.76. The van der Waals surface area contributed by atoms with E-state index in [4.69, 9.17) is 4.74 Å². The van der Waals surface area contributed by atoms with Gasteiger partial charge >= 0.3 is 0 Å². The minimum atomic E-state index is 0.444. The molecule has 0 spiro atoms. The van der Waals surface area contributed by atoms with Gasteiger partial charge in [-0.3, -0.25) is 0 Å². The van der Waals surface area contributed by atoms with E-state index in [1.54, 1.807) is 18.9 Å². The lowest BCUT2D eigenvalue weighted by molar-refractivity contribution is 0.177. The molecular formula is C13H24N4OS. The van der Waals surface area contributed by atoms with E-state index in [1.807, 2.05) is 13.1 Å². The van der Waals surface area contributed by atoms with E-state index in [0.29, 0.717) is 6.61 Å². The van der Waals surface area contributed by atoms with Crippen molar-refractivity contribution in [2.24, 2.45) is 0 Å². The second-order valence-electron chi connectivity index (χ2n) is 4.07. The Morgan fingerprint density at radius 1 is 1.32 bits per heavy atom. The summed E-state index contributed by atoms with van der Waals surface area (Å²) in [6.07, 6.45) is 0. The van der Waals surface area contributed by atoms with E-state index >= 15 is 0 Å². The number of anilines is 1. The predicted octanol–water partition coefficient (Wildman–Crippen LogP) is 2.10. The summed E-state index contributed by atoms with van der Waals surface area (Å²) in [4.78, 5) is 11.2. The number of ether oxygens (including phenoxy) is 1. The minimum Gasteiger partial charge on any atom is -0.377 e. The molecule has 1 rings (SSSR count). The van der Waals surface area contributed by atoms with Crippen LogP contribution in [0.25, 0.3) is 0 Å². The third-order valence-electron chi connectivity index (χ3n) is 2.83. The molecule has 19 heavy (non-hydrogen) atoms. The van der Waals surface area contributed by atoms with Gasteiger partial charge in [0.05, 0.1) is 0 Å². The van der Waals surface area contributed by atoms with Gasteiger partial charge in [0.2, 0.25) is 0 Å². The van der Waals surface area contributed by atoms with Crippen LogP contribution in [-0.4, -0.2) is 54.4 Å². The van der Waals surface area contributed by atoms with Crippen LogP contribution in [0, 0.1) is 0 Å². The fourth-order valence-electron chi connectivity index (χ4n) is 1.69. The van der Waals surface area contributed by atoms with Crippen molar-refractivity contribution in [3.63, 3.8) is 0 Å². The molecule has 0 aliphatic carbocycles. The fraction of sp³-hybridized carbons (Fsp3) is 0.692. The monoisotopic (exact) mass is 284 g/mol. The van der Waals surface area contributed by atoms with E-state index in [9.17, 15) is 0 Å². The average Bonchev–Trinajstić information content (AvgIpc) is 2.43. The zero-order chi connectivity index (χ0) is 14.1. The molecule has 0 aliphatic heterocycles. The standard InChI is InChI=1S/C13H24N4OS/c1-5-17(6-2)7-8-19-13-9-11(14-3)15-12(16-13)10-18-4/h9H,5-8,10H2,1-4H3,(H,14,15,16). The molecule has 0 fully saturated rings. The highest BCUT2D eigenvalue weighted by Crippen LogP contribution is 2.18. The van der Waals surface area contributed by atoms with Crippen LogP contribution in [0.5, 0.6) is 0 Å². The topological polar surface area (TPSA) is 50.3 Å². The average molecular weight is 284 g/mol. The molecule has 0 saturated heterocycles. The van der Waals surface area contributed by atoms with E-state index < -0.39 is 0 Å². The number of hydrogen-bond acceptors (Lipinski definition) is 6. The highest BCUT2D eigenvalue weighted by molar-refractivity contribution is 7.99. The van der Waals surface area contributed by atoms with Crippen LogP contribution in [0.4, 0.5) is 5.82 Å². The van der Waals surface area contributed by atoms with Crippen LogP contribution in [0.15, 0.2) is 11.1 Å². The highest BCUT2D eigenvalue weighted by Gasteiger charge is 2.05. The van der Waals surface area contributed by atoms with Gasteiger partial charge < -0.3 is 15.0 Å². The third kappa shape index (κ3) is 5.76. The first-order valence-electron chi connectivity index (χ1n) is 6.63. The predicted molar refractivity (Wildman–Crippen MR) is 80.8 cm³/mol.